The summed E-state index contributed by atoms with van der Waals surface area (Å²) in [5.41, 5.74) is 0.981. The van der Waals surface area contributed by atoms with Gasteiger partial charge in [-0.05, 0) is 31.5 Å². The van der Waals surface area contributed by atoms with Crippen molar-refractivity contribution >= 4 is 6.09 Å². The summed E-state index contributed by atoms with van der Waals surface area (Å²) in [5, 5.41) is 2.68. The number of alkyl carbamates (subject to hydrolysis) is 1. The standard InChI is InChI=1S/C16H24N2O3/c19-16(21-14-15-6-2-1-3-7-15)17-8-12-20-13-11-18-9-4-5-10-18/h1-3,6-7H,4-5,8-14H2,(H,17,19). The molecular formula is C16H24N2O3. The van der Waals surface area contributed by atoms with Crippen LogP contribution in [0.2, 0.25) is 0 Å². The summed E-state index contributed by atoms with van der Waals surface area (Å²) >= 11 is 0. The minimum Gasteiger partial charge on any atom is -0.445 e. The summed E-state index contributed by atoms with van der Waals surface area (Å²) in [5.74, 6) is 0. The van der Waals surface area contributed by atoms with Crippen LogP contribution in [-0.4, -0.2) is 50.4 Å². The van der Waals surface area contributed by atoms with E-state index in [1.807, 2.05) is 30.3 Å². The van der Waals surface area contributed by atoms with Crippen molar-refractivity contribution in [3.8, 4) is 0 Å². The van der Waals surface area contributed by atoms with E-state index in [-0.39, 0.29) is 0 Å². The Kier molecular flexibility index (Phi) is 7.04. The number of hydrogen-bond donors (Lipinski definition) is 1. The predicted octanol–water partition coefficient (Wildman–Crippen LogP) is 2.03. The fourth-order valence-corrected chi connectivity index (χ4v) is 2.30. The molecule has 1 aliphatic heterocycles. The Hall–Kier alpha value is -1.59. The molecule has 0 spiro atoms. The maximum Gasteiger partial charge on any atom is 0.407 e. The molecule has 0 aromatic heterocycles. The number of nitrogens with zero attached hydrogens (tertiary/aromatic N) is 1. The average Bonchev–Trinajstić information content (AvgIpc) is 3.03. The topological polar surface area (TPSA) is 50.8 Å². The number of hydrogen-bond acceptors (Lipinski definition) is 4. The van der Waals surface area contributed by atoms with Crippen LogP contribution in [0.3, 0.4) is 0 Å². The smallest absolute Gasteiger partial charge is 0.407 e. The lowest BCUT2D eigenvalue weighted by Crippen LogP contribution is -2.29. The first-order chi connectivity index (χ1) is 10.3. The van der Waals surface area contributed by atoms with Gasteiger partial charge in [-0.25, -0.2) is 4.79 Å². The van der Waals surface area contributed by atoms with E-state index >= 15 is 0 Å². The van der Waals surface area contributed by atoms with E-state index in [1.54, 1.807) is 0 Å². The number of carbonyl (C=O) groups excluding carboxylic acids is 1. The van der Waals surface area contributed by atoms with E-state index in [2.05, 4.69) is 10.2 Å². The van der Waals surface area contributed by atoms with Crippen molar-refractivity contribution in [3.05, 3.63) is 35.9 Å². The molecule has 1 aromatic rings. The van der Waals surface area contributed by atoms with Crippen LogP contribution in [0, 0.1) is 0 Å². The largest absolute Gasteiger partial charge is 0.445 e. The Labute approximate surface area is 126 Å². The summed E-state index contributed by atoms with van der Waals surface area (Å²) in [4.78, 5) is 13.9. The first-order valence-electron chi connectivity index (χ1n) is 7.59. The van der Waals surface area contributed by atoms with Crippen LogP contribution in [-0.2, 0) is 16.1 Å². The summed E-state index contributed by atoms with van der Waals surface area (Å²) in [6.07, 6.45) is 2.20. The third-order valence-corrected chi connectivity index (χ3v) is 3.48. The van der Waals surface area contributed by atoms with E-state index in [0.29, 0.717) is 19.8 Å². The van der Waals surface area contributed by atoms with Gasteiger partial charge in [0.25, 0.3) is 0 Å². The maximum absolute atomic E-state index is 11.5. The molecule has 1 amide bonds. The molecular weight excluding hydrogens is 268 g/mol. The highest BCUT2D eigenvalue weighted by Crippen LogP contribution is 2.05. The number of benzene rings is 1. The SMILES string of the molecule is O=C(NCCOCCN1CCCC1)OCc1ccccc1. The second-order valence-electron chi connectivity index (χ2n) is 5.15. The zero-order valence-electron chi connectivity index (χ0n) is 12.4. The molecule has 1 aliphatic rings. The Morgan fingerprint density at radius 2 is 1.90 bits per heavy atom. The Bertz CT molecular complexity index is 405. The fourth-order valence-electron chi connectivity index (χ4n) is 2.30. The number of ether oxygens (including phenoxy) is 2. The third kappa shape index (κ3) is 6.60. The van der Waals surface area contributed by atoms with Crippen LogP contribution >= 0.6 is 0 Å². The van der Waals surface area contributed by atoms with Gasteiger partial charge < -0.3 is 19.7 Å². The van der Waals surface area contributed by atoms with Gasteiger partial charge in [-0.2, -0.15) is 0 Å². The van der Waals surface area contributed by atoms with Crippen LogP contribution in [0.5, 0.6) is 0 Å². The molecule has 5 heteroatoms. The number of nitrogens with one attached hydrogen (secondary N) is 1. The Balaban J connectivity index is 1.44. The molecule has 0 atom stereocenters. The van der Waals surface area contributed by atoms with Crippen molar-refractivity contribution in [2.75, 3.05) is 39.4 Å². The van der Waals surface area contributed by atoms with Crippen molar-refractivity contribution in [1.82, 2.24) is 10.2 Å². The van der Waals surface area contributed by atoms with E-state index < -0.39 is 6.09 Å². The van der Waals surface area contributed by atoms with Crippen molar-refractivity contribution in [1.29, 1.82) is 0 Å². The molecule has 1 heterocycles. The van der Waals surface area contributed by atoms with Crippen molar-refractivity contribution < 1.29 is 14.3 Å². The maximum atomic E-state index is 11.5. The molecule has 0 radical (unpaired) electrons. The lowest BCUT2D eigenvalue weighted by molar-refractivity contribution is 0.105. The van der Waals surface area contributed by atoms with Crippen LogP contribution in [0.4, 0.5) is 4.79 Å². The molecule has 5 nitrogen and oxygen atoms in total. The molecule has 0 bridgehead atoms. The lowest BCUT2D eigenvalue weighted by Gasteiger charge is -2.14. The number of likely N-dealkylation sites (tertiary alicyclic amines) is 1. The molecule has 2 rings (SSSR count). The van der Waals surface area contributed by atoms with Gasteiger partial charge in [0.05, 0.1) is 13.2 Å². The van der Waals surface area contributed by atoms with E-state index in [9.17, 15) is 4.79 Å². The molecule has 1 fully saturated rings. The molecule has 1 N–H and O–H groups in total. The summed E-state index contributed by atoms with van der Waals surface area (Å²) in [7, 11) is 0. The average molecular weight is 292 g/mol. The summed E-state index contributed by atoms with van der Waals surface area (Å²) in [6, 6.07) is 9.63. The summed E-state index contributed by atoms with van der Waals surface area (Å²) < 4.78 is 10.6. The van der Waals surface area contributed by atoms with Crippen LogP contribution < -0.4 is 5.32 Å². The zero-order chi connectivity index (χ0) is 14.8. The van der Waals surface area contributed by atoms with Gasteiger partial charge in [0, 0.05) is 13.1 Å². The first-order valence-corrected chi connectivity index (χ1v) is 7.59. The highest BCUT2D eigenvalue weighted by molar-refractivity contribution is 5.67. The quantitative estimate of drug-likeness (QED) is 0.745. The first kappa shape index (κ1) is 15.8. The van der Waals surface area contributed by atoms with Gasteiger partial charge in [0.15, 0.2) is 0 Å². The number of carbonyl (C=O) groups is 1. The Morgan fingerprint density at radius 1 is 1.14 bits per heavy atom. The Morgan fingerprint density at radius 3 is 2.67 bits per heavy atom. The normalized spacial score (nSPS) is 15.0. The van der Waals surface area contributed by atoms with E-state index in [1.165, 1.54) is 25.9 Å². The summed E-state index contributed by atoms with van der Waals surface area (Å²) in [6.45, 7) is 5.38. The fraction of sp³-hybridized carbons (Fsp3) is 0.562. The van der Waals surface area contributed by atoms with Gasteiger partial charge in [-0.15, -0.1) is 0 Å². The second-order valence-corrected chi connectivity index (χ2v) is 5.15. The van der Waals surface area contributed by atoms with Crippen molar-refractivity contribution in [2.24, 2.45) is 0 Å². The predicted molar refractivity (Wildman–Crippen MR) is 81.1 cm³/mol. The molecule has 116 valence electrons. The molecule has 1 saturated heterocycles. The minimum atomic E-state index is -0.401. The van der Waals surface area contributed by atoms with E-state index in [4.69, 9.17) is 9.47 Å². The zero-order valence-corrected chi connectivity index (χ0v) is 12.4. The highest BCUT2D eigenvalue weighted by atomic mass is 16.5. The number of rotatable bonds is 8. The molecule has 0 saturated carbocycles. The van der Waals surface area contributed by atoms with Gasteiger partial charge in [-0.3, -0.25) is 0 Å². The lowest BCUT2D eigenvalue weighted by atomic mass is 10.2. The molecule has 21 heavy (non-hydrogen) atoms. The van der Waals surface area contributed by atoms with Gasteiger partial charge in [0.2, 0.25) is 0 Å². The van der Waals surface area contributed by atoms with Crippen LogP contribution in [0.25, 0.3) is 0 Å². The molecule has 1 aromatic carbocycles. The van der Waals surface area contributed by atoms with Gasteiger partial charge in [0.1, 0.15) is 6.61 Å². The van der Waals surface area contributed by atoms with Gasteiger partial charge >= 0.3 is 6.09 Å². The van der Waals surface area contributed by atoms with Gasteiger partial charge in [-0.1, -0.05) is 30.3 Å². The second kappa shape index (κ2) is 9.37. The third-order valence-electron chi connectivity index (χ3n) is 3.48. The van der Waals surface area contributed by atoms with Crippen LogP contribution in [0.15, 0.2) is 30.3 Å². The van der Waals surface area contributed by atoms with Crippen LogP contribution in [0.1, 0.15) is 18.4 Å². The van der Waals surface area contributed by atoms with Crippen molar-refractivity contribution in [3.63, 3.8) is 0 Å². The van der Waals surface area contributed by atoms with Crippen molar-refractivity contribution in [2.45, 2.75) is 19.4 Å². The monoisotopic (exact) mass is 292 g/mol. The molecule has 0 aliphatic carbocycles. The van der Waals surface area contributed by atoms with E-state index in [0.717, 1.165) is 18.7 Å². The number of amides is 1. The highest BCUT2D eigenvalue weighted by Gasteiger charge is 2.10. The minimum absolute atomic E-state index is 0.294. The molecule has 0 unspecified atom stereocenters.